The number of hydrogen-bond donors (Lipinski definition) is 2. The first-order valence-electron chi connectivity index (χ1n) is 5.78. The molecule has 2 N–H and O–H groups in total. The highest BCUT2D eigenvalue weighted by molar-refractivity contribution is 9.10. The van der Waals surface area contributed by atoms with E-state index in [2.05, 4.69) is 32.6 Å². The molecule has 0 aliphatic carbocycles. The molecule has 2 rings (SSSR count). The predicted octanol–water partition coefficient (Wildman–Crippen LogP) is 2.66. The smallest absolute Gasteiger partial charge is 0.252 e. The van der Waals surface area contributed by atoms with E-state index < -0.39 is 5.82 Å². The van der Waals surface area contributed by atoms with Gasteiger partial charge < -0.3 is 10.6 Å². The molecule has 3 nitrogen and oxygen atoms in total. The van der Waals surface area contributed by atoms with E-state index in [1.54, 1.807) is 0 Å². The highest BCUT2D eigenvalue weighted by Crippen LogP contribution is 2.17. The van der Waals surface area contributed by atoms with Crippen molar-refractivity contribution in [2.75, 3.05) is 19.6 Å². The van der Waals surface area contributed by atoms with E-state index in [-0.39, 0.29) is 18.3 Å². The maximum absolute atomic E-state index is 13.1. The molecule has 0 bridgehead atoms. The quantitative estimate of drug-likeness (QED) is 0.824. The van der Waals surface area contributed by atoms with Crippen LogP contribution in [0, 0.1) is 5.82 Å². The summed E-state index contributed by atoms with van der Waals surface area (Å²) in [5, 5.41) is 6.01. The van der Waals surface area contributed by atoms with Crippen LogP contribution in [0.4, 0.5) is 4.39 Å². The molecule has 1 aliphatic rings. The van der Waals surface area contributed by atoms with Crippen LogP contribution in [-0.4, -0.2) is 25.5 Å². The monoisotopic (exact) mass is 348 g/mol. The van der Waals surface area contributed by atoms with E-state index in [1.807, 2.05) is 0 Å². The SMILES string of the molecule is Cl.O=C(NCC1=CCNCC1)c1cc(F)ccc1Br. The number of carbonyl (C=O) groups is 1. The Hall–Kier alpha value is -0.910. The third-order valence-corrected chi connectivity index (χ3v) is 3.50. The lowest BCUT2D eigenvalue weighted by Crippen LogP contribution is -2.29. The Bertz CT molecular complexity index is 494. The Labute approximate surface area is 126 Å². The van der Waals surface area contributed by atoms with Crippen LogP contribution in [0.25, 0.3) is 0 Å². The molecule has 1 amide bonds. The van der Waals surface area contributed by atoms with Gasteiger partial charge in [-0.3, -0.25) is 4.79 Å². The number of benzene rings is 1. The molecule has 19 heavy (non-hydrogen) atoms. The van der Waals surface area contributed by atoms with Crippen LogP contribution >= 0.6 is 28.3 Å². The highest BCUT2D eigenvalue weighted by Gasteiger charge is 2.11. The normalized spacial score (nSPS) is 14.3. The summed E-state index contributed by atoms with van der Waals surface area (Å²) in [7, 11) is 0. The van der Waals surface area contributed by atoms with Gasteiger partial charge in [-0.05, 0) is 47.1 Å². The van der Waals surface area contributed by atoms with E-state index in [0.717, 1.165) is 19.5 Å². The van der Waals surface area contributed by atoms with Crippen molar-refractivity contribution in [3.63, 3.8) is 0 Å². The van der Waals surface area contributed by atoms with Gasteiger partial charge in [0.2, 0.25) is 0 Å². The van der Waals surface area contributed by atoms with E-state index in [1.165, 1.54) is 23.8 Å². The maximum atomic E-state index is 13.1. The Morgan fingerprint density at radius 1 is 1.47 bits per heavy atom. The average molecular weight is 350 g/mol. The molecule has 0 saturated carbocycles. The first-order valence-corrected chi connectivity index (χ1v) is 6.58. The van der Waals surface area contributed by atoms with E-state index in [9.17, 15) is 9.18 Å². The number of halogens is 3. The van der Waals surface area contributed by atoms with Gasteiger partial charge in [0.05, 0.1) is 5.56 Å². The zero-order valence-corrected chi connectivity index (χ0v) is 12.6. The molecule has 0 unspecified atom stereocenters. The van der Waals surface area contributed by atoms with Crippen LogP contribution in [0.15, 0.2) is 34.3 Å². The van der Waals surface area contributed by atoms with E-state index in [4.69, 9.17) is 0 Å². The van der Waals surface area contributed by atoms with Gasteiger partial charge in [-0.25, -0.2) is 4.39 Å². The van der Waals surface area contributed by atoms with Gasteiger partial charge in [-0.1, -0.05) is 11.6 Å². The van der Waals surface area contributed by atoms with Gasteiger partial charge in [0.15, 0.2) is 0 Å². The summed E-state index contributed by atoms with van der Waals surface area (Å²) in [6, 6.07) is 4.08. The molecular weight excluding hydrogens is 335 g/mol. The first kappa shape index (κ1) is 16.1. The fourth-order valence-corrected chi connectivity index (χ4v) is 2.22. The minimum Gasteiger partial charge on any atom is -0.348 e. The zero-order valence-electron chi connectivity index (χ0n) is 10.2. The van der Waals surface area contributed by atoms with Crippen molar-refractivity contribution in [3.8, 4) is 0 Å². The average Bonchev–Trinajstić information content (AvgIpc) is 2.40. The lowest BCUT2D eigenvalue weighted by Gasteiger charge is -2.14. The fourth-order valence-electron chi connectivity index (χ4n) is 1.79. The highest BCUT2D eigenvalue weighted by atomic mass is 79.9. The first-order chi connectivity index (χ1) is 8.66. The summed E-state index contributed by atoms with van der Waals surface area (Å²) in [5.74, 6) is -0.676. The van der Waals surface area contributed by atoms with Crippen molar-refractivity contribution in [2.24, 2.45) is 0 Å². The van der Waals surface area contributed by atoms with Gasteiger partial charge in [0, 0.05) is 17.6 Å². The molecule has 104 valence electrons. The summed E-state index contributed by atoms with van der Waals surface area (Å²) in [4.78, 5) is 11.9. The van der Waals surface area contributed by atoms with Crippen molar-refractivity contribution in [2.45, 2.75) is 6.42 Å². The second-order valence-corrected chi connectivity index (χ2v) is 4.98. The minimum atomic E-state index is -0.413. The van der Waals surface area contributed by atoms with Gasteiger partial charge in [0.25, 0.3) is 5.91 Å². The largest absolute Gasteiger partial charge is 0.348 e. The molecule has 1 aromatic rings. The molecule has 6 heteroatoms. The molecule has 1 heterocycles. The van der Waals surface area contributed by atoms with Crippen molar-refractivity contribution in [1.29, 1.82) is 0 Å². The Morgan fingerprint density at radius 2 is 2.26 bits per heavy atom. The predicted molar refractivity (Wildman–Crippen MR) is 79.3 cm³/mol. The zero-order chi connectivity index (χ0) is 13.0. The van der Waals surface area contributed by atoms with Crippen molar-refractivity contribution in [1.82, 2.24) is 10.6 Å². The number of amides is 1. The molecule has 1 aromatic carbocycles. The summed E-state index contributed by atoms with van der Waals surface area (Å²) < 4.78 is 13.7. The van der Waals surface area contributed by atoms with E-state index in [0.29, 0.717) is 16.6 Å². The topological polar surface area (TPSA) is 41.1 Å². The van der Waals surface area contributed by atoms with Crippen LogP contribution in [0.2, 0.25) is 0 Å². The molecule has 0 atom stereocenters. The molecule has 0 fully saturated rings. The third-order valence-electron chi connectivity index (χ3n) is 2.81. The van der Waals surface area contributed by atoms with Gasteiger partial charge in [0.1, 0.15) is 5.82 Å². The Balaban J connectivity index is 0.00000180. The van der Waals surface area contributed by atoms with Gasteiger partial charge in [-0.15, -0.1) is 12.4 Å². The third kappa shape index (κ3) is 4.60. The number of rotatable bonds is 3. The molecule has 1 aliphatic heterocycles. The van der Waals surface area contributed by atoms with E-state index >= 15 is 0 Å². The Morgan fingerprint density at radius 3 is 2.95 bits per heavy atom. The van der Waals surface area contributed by atoms with Gasteiger partial charge >= 0.3 is 0 Å². The van der Waals surface area contributed by atoms with Crippen molar-refractivity contribution >= 4 is 34.2 Å². The molecule has 0 aromatic heterocycles. The van der Waals surface area contributed by atoms with Crippen molar-refractivity contribution in [3.05, 3.63) is 45.7 Å². The molecule has 0 spiro atoms. The molecular formula is C13H15BrClFN2O. The van der Waals surface area contributed by atoms with Crippen LogP contribution in [0.5, 0.6) is 0 Å². The lowest BCUT2D eigenvalue weighted by atomic mass is 10.1. The van der Waals surface area contributed by atoms with Gasteiger partial charge in [-0.2, -0.15) is 0 Å². The number of hydrogen-bond acceptors (Lipinski definition) is 2. The summed E-state index contributed by atoms with van der Waals surface area (Å²) in [6.45, 7) is 2.30. The molecule has 0 saturated heterocycles. The molecule has 0 radical (unpaired) electrons. The fraction of sp³-hybridized carbons (Fsp3) is 0.308. The van der Waals surface area contributed by atoms with Crippen LogP contribution in [0.1, 0.15) is 16.8 Å². The van der Waals surface area contributed by atoms with Crippen LogP contribution in [0.3, 0.4) is 0 Å². The Kier molecular flexibility index (Phi) is 6.48. The van der Waals surface area contributed by atoms with Crippen LogP contribution in [-0.2, 0) is 0 Å². The maximum Gasteiger partial charge on any atom is 0.252 e. The number of nitrogens with one attached hydrogen (secondary N) is 2. The minimum absolute atomic E-state index is 0. The van der Waals surface area contributed by atoms with Crippen molar-refractivity contribution < 1.29 is 9.18 Å². The second kappa shape index (κ2) is 7.62. The second-order valence-electron chi connectivity index (χ2n) is 4.12. The summed E-state index contributed by atoms with van der Waals surface area (Å²) in [6.07, 6.45) is 3.01. The van der Waals surface area contributed by atoms with Crippen LogP contribution < -0.4 is 10.6 Å². The summed E-state index contributed by atoms with van der Waals surface area (Å²) in [5.41, 5.74) is 1.53. The standard InChI is InChI=1S/C13H14BrFN2O.ClH/c14-12-2-1-10(15)7-11(12)13(18)17-8-9-3-5-16-6-4-9;/h1-3,7,16H,4-6,8H2,(H,17,18);1H. The lowest BCUT2D eigenvalue weighted by molar-refractivity contribution is 0.0955. The number of carbonyl (C=O) groups excluding carboxylic acids is 1. The summed E-state index contributed by atoms with van der Waals surface area (Å²) >= 11 is 3.24.